The maximum Gasteiger partial charge on any atom is 0.260 e. The van der Waals surface area contributed by atoms with Gasteiger partial charge in [0, 0.05) is 12.5 Å². The van der Waals surface area contributed by atoms with E-state index in [2.05, 4.69) is 5.32 Å². The van der Waals surface area contributed by atoms with Crippen LogP contribution in [0.1, 0.15) is 16.8 Å². The number of nitrogens with zero attached hydrogens (tertiary/aromatic N) is 1. The summed E-state index contributed by atoms with van der Waals surface area (Å²) < 4.78 is 0. The molecule has 23 heavy (non-hydrogen) atoms. The van der Waals surface area contributed by atoms with Crippen LogP contribution in [0.25, 0.3) is 0 Å². The molecular weight excluding hydrogens is 300 g/mol. The lowest BCUT2D eigenvalue weighted by Gasteiger charge is -2.22. The molecule has 2 aliphatic rings. The molecule has 0 unspecified atom stereocenters. The van der Waals surface area contributed by atoms with E-state index in [-0.39, 0.29) is 47.2 Å². The molecule has 1 heterocycles. The molecule has 0 fully saturated rings. The van der Waals surface area contributed by atoms with Gasteiger partial charge >= 0.3 is 0 Å². The molecular formula is C16H14N2O5. The van der Waals surface area contributed by atoms with Gasteiger partial charge in [0.05, 0.1) is 23.5 Å². The Balaban J connectivity index is 2.24. The van der Waals surface area contributed by atoms with Crippen LogP contribution >= 0.6 is 0 Å². The van der Waals surface area contributed by atoms with Crippen LogP contribution < -0.4 is 5.32 Å². The highest BCUT2D eigenvalue weighted by atomic mass is 16.3. The number of aromatic hydroxyl groups is 1. The highest BCUT2D eigenvalue weighted by Crippen LogP contribution is 2.37. The quantitative estimate of drug-likeness (QED) is 0.490. The van der Waals surface area contributed by atoms with E-state index in [0.717, 1.165) is 6.08 Å². The summed E-state index contributed by atoms with van der Waals surface area (Å²) in [4.78, 5) is 24.9. The zero-order valence-electron chi connectivity index (χ0n) is 12.0. The van der Waals surface area contributed by atoms with Gasteiger partial charge in [-0.1, -0.05) is 6.07 Å². The van der Waals surface area contributed by atoms with Crippen molar-refractivity contribution in [2.45, 2.75) is 6.42 Å². The molecule has 0 spiro atoms. The third-order valence-corrected chi connectivity index (χ3v) is 3.68. The third kappa shape index (κ3) is 2.42. The summed E-state index contributed by atoms with van der Waals surface area (Å²) >= 11 is 0. The van der Waals surface area contributed by atoms with Gasteiger partial charge in [-0.15, -0.1) is 0 Å². The number of allylic oxidation sites excluding steroid dienone is 2. The Kier molecular flexibility index (Phi) is 3.53. The molecule has 0 saturated heterocycles. The minimum Gasteiger partial charge on any atom is -0.508 e. The maximum atomic E-state index is 12.7. The van der Waals surface area contributed by atoms with Gasteiger partial charge in [0.1, 0.15) is 29.3 Å². The van der Waals surface area contributed by atoms with Crippen LogP contribution in [0.15, 0.2) is 53.3 Å². The van der Waals surface area contributed by atoms with Gasteiger partial charge in [0.2, 0.25) is 0 Å². The summed E-state index contributed by atoms with van der Waals surface area (Å²) in [5, 5.41) is 32.7. The van der Waals surface area contributed by atoms with Gasteiger partial charge in [0.15, 0.2) is 0 Å². The molecule has 1 aliphatic carbocycles. The number of hydrogen-bond acceptors (Lipinski definition) is 6. The molecule has 1 aliphatic heterocycles. The average Bonchev–Trinajstić information content (AvgIpc) is 2.72. The number of aliphatic hydroxyl groups is 2. The van der Waals surface area contributed by atoms with Crippen LogP contribution in [-0.2, 0) is 4.79 Å². The highest BCUT2D eigenvalue weighted by molar-refractivity contribution is 6.04. The van der Waals surface area contributed by atoms with Gasteiger partial charge in [-0.3, -0.25) is 4.79 Å². The second-order valence-corrected chi connectivity index (χ2v) is 5.09. The van der Waals surface area contributed by atoms with Gasteiger partial charge in [-0.2, -0.15) is 0 Å². The van der Waals surface area contributed by atoms with E-state index in [9.17, 15) is 24.9 Å². The first kappa shape index (κ1) is 14.7. The van der Waals surface area contributed by atoms with Gasteiger partial charge in [0.25, 0.3) is 5.91 Å². The molecule has 0 bridgehead atoms. The number of benzene rings is 1. The van der Waals surface area contributed by atoms with Crippen molar-refractivity contribution >= 4 is 17.9 Å². The van der Waals surface area contributed by atoms with Crippen LogP contribution in [0.5, 0.6) is 5.75 Å². The second kappa shape index (κ2) is 5.53. The molecule has 3 rings (SSSR count). The molecule has 0 saturated carbocycles. The van der Waals surface area contributed by atoms with Crippen LogP contribution in [-0.4, -0.2) is 39.0 Å². The topological polar surface area (TPSA) is 110 Å². The lowest BCUT2D eigenvalue weighted by molar-refractivity contribution is -0.108. The van der Waals surface area contributed by atoms with E-state index in [1.165, 1.54) is 29.2 Å². The Labute approximate surface area is 131 Å². The Morgan fingerprint density at radius 2 is 2.04 bits per heavy atom. The number of rotatable bonds is 2. The van der Waals surface area contributed by atoms with E-state index in [4.69, 9.17) is 0 Å². The number of amides is 1. The number of anilines is 1. The fourth-order valence-corrected chi connectivity index (χ4v) is 2.61. The van der Waals surface area contributed by atoms with E-state index in [1.54, 1.807) is 0 Å². The van der Waals surface area contributed by atoms with Crippen LogP contribution in [0, 0.1) is 0 Å². The Hall–Kier alpha value is -3.22. The van der Waals surface area contributed by atoms with Crippen molar-refractivity contribution in [1.29, 1.82) is 0 Å². The van der Waals surface area contributed by atoms with Crippen molar-refractivity contribution in [2.75, 3.05) is 11.9 Å². The number of carbonyl (C=O) groups is 2. The molecule has 0 radical (unpaired) electrons. The average molecular weight is 314 g/mol. The fraction of sp³-hybridized carbons (Fsp3) is 0.125. The monoisotopic (exact) mass is 314 g/mol. The number of carbonyl (C=O) groups excluding carboxylic acids is 2. The van der Waals surface area contributed by atoms with Crippen LogP contribution in [0.3, 0.4) is 0 Å². The molecule has 118 valence electrons. The summed E-state index contributed by atoms with van der Waals surface area (Å²) in [5.41, 5.74) is 0.803. The van der Waals surface area contributed by atoms with Crippen molar-refractivity contribution in [3.63, 3.8) is 0 Å². The number of nitrogens with one attached hydrogen (secondary N) is 1. The van der Waals surface area contributed by atoms with E-state index in [1.807, 2.05) is 0 Å². The molecule has 7 heteroatoms. The van der Waals surface area contributed by atoms with Crippen molar-refractivity contribution in [1.82, 2.24) is 4.90 Å². The van der Waals surface area contributed by atoms with Crippen molar-refractivity contribution in [2.24, 2.45) is 0 Å². The van der Waals surface area contributed by atoms with E-state index >= 15 is 0 Å². The Morgan fingerprint density at radius 3 is 2.78 bits per heavy atom. The molecule has 1 amide bonds. The minimum absolute atomic E-state index is 0.128. The number of phenols is 1. The smallest absolute Gasteiger partial charge is 0.260 e. The van der Waals surface area contributed by atoms with Crippen molar-refractivity contribution < 1.29 is 24.9 Å². The Bertz CT molecular complexity index is 792. The molecule has 0 atom stereocenters. The summed E-state index contributed by atoms with van der Waals surface area (Å²) in [6, 6.07) is 4.44. The predicted octanol–water partition coefficient (Wildman–Crippen LogP) is 1.96. The lowest BCUT2D eigenvalue weighted by atomic mass is 10.1. The molecule has 7 nitrogen and oxygen atoms in total. The maximum absolute atomic E-state index is 12.7. The van der Waals surface area contributed by atoms with Crippen LogP contribution in [0.4, 0.5) is 5.69 Å². The first-order valence-corrected chi connectivity index (χ1v) is 6.90. The molecule has 1 aromatic carbocycles. The van der Waals surface area contributed by atoms with Gasteiger partial charge in [-0.25, -0.2) is 0 Å². The normalized spacial score (nSPS) is 17.2. The minimum atomic E-state index is -0.483. The zero-order valence-corrected chi connectivity index (χ0v) is 12.0. The second-order valence-electron chi connectivity index (χ2n) is 5.09. The number of para-hydroxylation sites is 1. The highest BCUT2D eigenvalue weighted by Gasteiger charge is 2.31. The van der Waals surface area contributed by atoms with E-state index in [0.29, 0.717) is 12.0 Å². The fourth-order valence-electron chi connectivity index (χ4n) is 2.61. The van der Waals surface area contributed by atoms with E-state index < -0.39 is 5.91 Å². The largest absolute Gasteiger partial charge is 0.508 e. The zero-order chi connectivity index (χ0) is 16.6. The lowest BCUT2D eigenvalue weighted by Crippen LogP contribution is -2.32. The number of phenolic OH excluding ortho intramolecular Hbond substituents is 1. The van der Waals surface area contributed by atoms with Crippen molar-refractivity contribution in [3.8, 4) is 5.75 Å². The summed E-state index contributed by atoms with van der Waals surface area (Å²) in [5.74, 6) is -1.10. The van der Waals surface area contributed by atoms with Crippen LogP contribution in [0.2, 0.25) is 0 Å². The molecule has 4 N–H and O–H groups in total. The summed E-state index contributed by atoms with van der Waals surface area (Å²) in [7, 11) is 0. The predicted molar refractivity (Wildman–Crippen MR) is 81.9 cm³/mol. The summed E-state index contributed by atoms with van der Waals surface area (Å²) in [6.07, 6.45) is 3.25. The molecule has 1 aromatic rings. The first-order valence-electron chi connectivity index (χ1n) is 6.90. The number of aldehydes is 1. The first-order chi connectivity index (χ1) is 11.0. The van der Waals surface area contributed by atoms with Crippen molar-refractivity contribution in [3.05, 3.63) is 58.8 Å². The number of fused-ring (bicyclic) bond motifs is 1. The number of aliphatic hydroxyl groups excluding tert-OH is 2. The summed E-state index contributed by atoms with van der Waals surface area (Å²) in [6.45, 7) is -0.212. The Morgan fingerprint density at radius 1 is 1.26 bits per heavy atom. The third-order valence-electron chi connectivity index (χ3n) is 3.68. The van der Waals surface area contributed by atoms with Gasteiger partial charge in [-0.05, 0) is 18.2 Å². The van der Waals surface area contributed by atoms with Gasteiger partial charge < -0.3 is 30.3 Å². The SMILES string of the molecule is O=CCN1C(=O)c2cccc(O)c2NC2=C1CC=C(O)C=C2O. The molecule has 0 aromatic heterocycles. The standard InChI is InChI=1S/C16H14N2O5/c19-7-6-18-11-5-4-9(20)8-13(22)15(11)17-14-10(16(18)23)2-1-3-12(14)21/h1-4,7-8,17,20-22H,5-6H2. The number of hydrogen-bond donors (Lipinski definition) is 4.